The van der Waals surface area contributed by atoms with Gasteiger partial charge in [-0.25, -0.2) is 4.42 Å². The van der Waals surface area contributed by atoms with E-state index in [-0.39, 0.29) is 0 Å². The molecule has 1 rings (SSSR count). The van der Waals surface area contributed by atoms with E-state index in [1.54, 1.807) is 4.42 Å². The summed E-state index contributed by atoms with van der Waals surface area (Å²) >= 11 is 11.3. The average Bonchev–Trinajstić information content (AvgIpc) is 1.82. The molecule has 0 aromatic heterocycles. The maximum absolute atomic E-state index is 5.71. The number of halogens is 2. The number of rotatable bonds is 0. The molecule has 1 fully saturated rings. The highest BCUT2D eigenvalue weighted by Crippen LogP contribution is 2.23. The van der Waals surface area contributed by atoms with Crippen LogP contribution in [0.1, 0.15) is 6.42 Å². The van der Waals surface area contributed by atoms with E-state index in [4.69, 9.17) is 29.1 Å². The molecular formula is C4H8Cl2N2. The van der Waals surface area contributed by atoms with Gasteiger partial charge in [-0.05, 0) is 18.2 Å². The number of nitrogens with zero attached hydrogens (tertiary/aromatic N) is 1. The molecule has 4 heteroatoms. The fourth-order valence-electron chi connectivity index (χ4n) is 0.751. The SMILES string of the molecule is N[C@@]1(Cl)CCN(Cl)C1. The van der Waals surface area contributed by atoms with Crippen LogP contribution in [0.15, 0.2) is 0 Å². The minimum Gasteiger partial charge on any atom is -0.312 e. The molecule has 2 N–H and O–H groups in total. The van der Waals surface area contributed by atoms with Gasteiger partial charge in [0.15, 0.2) is 0 Å². The summed E-state index contributed by atoms with van der Waals surface area (Å²) in [5, 5.41) is 0. The van der Waals surface area contributed by atoms with Crippen LogP contribution in [0.25, 0.3) is 0 Å². The predicted molar refractivity (Wildman–Crippen MR) is 34.8 cm³/mol. The summed E-state index contributed by atoms with van der Waals surface area (Å²) in [5.41, 5.74) is 5.51. The summed E-state index contributed by atoms with van der Waals surface area (Å²) in [6, 6.07) is 0. The molecule has 8 heavy (non-hydrogen) atoms. The molecule has 2 nitrogen and oxygen atoms in total. The lowest BCUT2D eigenvalue weighted by Crippen LogP contribution is -2.34. The lowest BCUT2D eigenvalue weighted by atomic mass is 10.3. The van der Waals surface area contributed by atoms with E-state index in [9.17, 15) is 0 Å². The standard InChI is InChI=1S/C4H8Cl2N2/c5-4(7)1-2-8(6)3-4/h1-3,7H2/t4-/m0/s1. The van der Waals surface area contributed by atoms with E-state index in [0.717, 1.165) is 13.0 Å². The van der Waals surface area contributed by atoms with E-state index in [1.165, 1.54) is 0 Å². The minimum absolute atomic E-state index is 0.568. The maximum Gasteiger partial charge on any atom is 0.106 e. The summed E-state index contributed by atoms with van der Waals surface area (Å²) in [6.07, 6.45) is 0.776. The molecule has 1 saturated heterocycles. The molecule has 0 saturated carbocycles. The average molecular weight is 155 g/mol. The van der Waals surface area contributed by atoms with Gasteiger partial charge >= 0.3 is 0 Å². The topological polar surface area (TPSA) is 29.3 Å². The normalized spacial score (nSPS) is 40.9. The Labute approximate surface area is 58.6 Å². The first kappa shape index (κ1) is 6.62. The zero-order valence-corrected chi connectivity index (χ0v) is 5.91. The van der Waals surface area contributed by atoms with Crippen LogP contribution < -0.4 is 5.73 Å². The van der Waals surface area contributed by atoms with Gasteiger partial charge in [0.1, 0.15) is 5.00 Å². The van der Waals surface area contributed by atoms with Crippen LogP contribution in [0.2, 0.25) is 0 Å². The molecule has 0 aromatic carbocycles. The van der Waals surface area contributed by atoms with E-state index in [2.05, 4.69) is 0 Å². The number of alkyl halides is 1. The largest absolute Gasteiger partial charge is 0.312 e. The Balaban J connectivity index is 2.44. The molecule has 48 valence electrons. The number of hydrogen-bond donors (Lipinski definition) is 1. The quantitative estimate of drug-likeness (QED) is 0.317. The van der Waals surface area contributed by atoms with Crippen molar-refractivity contribution in [3.63, 3.8) is 0 Å². The van der Waals surface area contributed by atoms with Gasteiger partial charge in [0.2, 0.25) is 0 Å². The monoisotopic (exact) mass is 154 g/mol. The first-order valence-electron chi connectivity index (χ1n) is 2.49. The summed E-state index contributed by atoms with van der Waals surface area (Å²) in [6.45, 7) is 1.37. The highest BCUT2D eigenvalue weighted by Gasteiger charge is 2.30. The van der Waals surface area contributed by atoms with Crippen LogP contribution in [-0.2, 0) is 0 Å². The van der Waals surface area contributed by atoms with Crippen molar-refractivity contribution < 1.29 is 0 Å². The molecule has 1 aliphatic rings. The molecular weight excluding hydrogens is 147 g/mol. The van der Waals surface area contributed by atoms with E-state index in [0.29, 0.717) is 6.54 Å². The third-order valence-electron chi connectivity index (χ3n) is 1.20. The van der Waals surface area contributed by atoms with Gasteiger partial charge in [0.05, 0.1) is 0 Å². The molecule has 1 heterocycles. The second-order valence-corrected chi connectivity index (χ2v) is 3.36. The fraction of sp³-hybridized carbons (Fsp3) is 1.00. The van der Waals surface area contributed by atoms with Gasteiger partial charge in [0, 0.05) is 13.1 Å². The van der Waals surface area contributed by atoms with Crippen LogP contribution in [-0.4, -0.2) is 22.5 Å². The Kier molecular flexibility index (Phi) is 1.68. The Hall–Kier alpha value is 0.500. The molecule has 0 spiro atoms. The van der Waals surface area contributed by atoms with Crippen LogP contribution in [0.4, 0.5) is 0 Å². The van der Waals surface area contributed by atoms with Gasteiger partial charge in [0.25, 0.3) is 0 Å². The highest BCUT2D eigenvalue weighted by atomic mass is 35.5. The van der Waals surface area contributed by atoms with Crippen LogP contribution in [0, 0.1) is 0 Å². The zero-order chi connectivity index (χ0) is 6.20. The summed E-state index contributed by atoms with van der Waals surface area (Å²) in [7, 11) is 0. The Morgan fingerprint density at radius 1 is 1.62 bits per heavy atom. The lowest BCUT2D eigenvalue weighted by molar-refractivity contribution is 0.539. The van der Waals surface area contributed by atoms with Crippen molar-refractivity contribution in [3.8, 4) is 0 Å². The number of nitrogens with two attached hydrogens (primary N) is 1. The second-order valence-electron chi connectivity index (χ2n) is 2.13. The van der Waals surface area contributed by atoms with Crippen molar-refractivity contribution >= 4 is 23.4 Å². The minimum atomic E-state index is -0.568. The maximum atomic E-state index is 5.71. The molecule has 0 bridgehead atoms. The predicted octanol–water partition coefficient (Wildman–Crippen LogP) is 0.740. The molecule has 0 aromatic rings. The first-order valence-corrected chi connectivity index (χ1v) is 3.20. The van der Waals surface area contributed by atoms with Gasteiger partial charge < -0.3 is 5.73 Å². The van der Waals surface area contributed by atoms with E-state index >= 15 is 0 Å². The molecule has 1 atom stereocenters. The van der Waals surface area contributed by atoms with Crippen molar-refractivity contribution in [2.45, 2.75) is 11.4 Å². The van der Waals surface area contributed by atoms with Gasteiger partial charge in [-0.15, -0.1) is 11.6 Å². The second kappa shape index (κ2) is 2.03. The molecule has 0 radical (unpaired) electrons. The van der Waals surface area contributed by atoms with Crippen molar-refractivity contribution in [2.75, 3.05) is 13.1 Å². The summed E-state index contributed by atoms with van der Waals surface area (Å²) < 4.78 is 1.60. The van der Waals surface area contributed by atoms with Crippen LogP contribution >= 0.6 is 23.4 Å². The third kappa shape index (κ3) is 1.49. The smallest absolute Gasteiger partial charge is 0.106 e. The third-order valence-corrected chi connectivity index (χ3v) is 1.80. The van der Waals surface area contributed by atoms with E-state index in [1.807, 2.05) is 0 Å². The van der Waals surface area contributed by atoms with Gasteiger partial charge in [-0.2, -0.15) is 0 Å². The molecule has 1 aliphatic heterocycles. The van der Waals surface area contributed by atoms with Crippen molar-refractivity contribution in [2.24, 2.45) is 5.73 Å². The Morgan fingerprint density at radius 3 is 2.38 bits per heavy atom. The van der Waals surface area contributed by atoms with Crippen LogP contribution in [0.5, 0.6) is 0 Å². The first-order chi connectivity index (χ1) is 3.60. The molecule has 0 unspecified atom stereocenters. The van der Waals surface area contributed by atoms with Crippen molar-refractivity contribution in [1.82, 2.24) is 4.42 Å². The van der Waals surface area contributed by atoms with Gasteiger partial charge in [-0.3, -0.25) is 0 Å². The molecule has 0 amide bonds. The fourth-order valence-corrected chi connectivity index (χ4v) is 1.34. The lowest BCUT2D eigenvalue weighted by Gasteiger charge is -2.11. The summed E-state index contributed by atoms with van der Waals surface area (Å²) in [4.78, 5) is -0.568. The van der Waals surface area contributed by atoms with E-state index < -0.39 is 5.00 Å². The highest BCUT2D eigenvalue weighted by molar-refractivity contribution is 6.24. The van der Waals surface area contributed by atoms with Crippen molar-refractivity contribution in [3.05, 3.63) is 0 Å². The zero-order valence-electron chi connectivity index (χ0n) is 4.40. The van der Waals surface area contributed by atoms with Gasteiger partial charge in [-0.1, -0.05) is 0 Å². The Bertz CT molecular complexity index is 94.0. The molecule has 0 aliphatic carbocycles. The Morgan fingerprint density at radius 2 is 2.25 bits per heavy atom. The van der Waals surface area contributed by atoms with Crippen molar-refractivity contribution in [1.29, 1.82) is 0 Å². The summed E-state index contributed by atoms with van der Waals surface area (Å²) in [5.74, 6) is 0. The number of hydrogen-bond acceptors (Lipinski definition) is 2. The van der Waals surface area contributed by atoms with Crippen LogP contribution in [0.3, 0.4) is 0 Å².